The van der Waals surface area contributed by atoms with Crippen molar-refractivity contribution in [3.63, 3.8) is 0 Å². The Hall–Kier alpha value is -5.43. The van der Waals surface area contributed by atoms with Crippen molar-refractivity contribution in [3.8, 4) is 0 Å². The van der Waals surface area contributed by atoms with E-state index in [1.165, 1.54) is 12.1 Å². The molecule has 0 aliphatic carbocycles. The van der Waals surface area contributed by atoms with Gasteiger partial charge in [0.05, 0.1) is 23.7 Å². The Labute approximate surface area is 299 Å². The van der Waals surface area contributed by atoms with Gasteiger partial charge in [-0.15, -0.1) is 0 Å². The average molecular weight is 702 g/mol. The smallest absolute Gasteiger partial charge is 0.338 e. The summed E-state index contributed by atoms with van der Waals surface area (Å²) < 4.78 is 11.7. The maximum atomic E-state index is 14.9. The molecule has 0 amide bonds. The van der Waals surface area contributed by atoms with Crippen LogP contribution in [-0.4, -0.2) is 36.6 Å². The Morgan fingerprint density at radius 2 is 1.14 bits per heavy atom. The molecule has 260 valence electrons. The summed E-state index contributed by atoms with van der Waals surface area (Å²) >= 11 is 0. The van der Waals surface area contributed by atoms with Crippen LogP contribution in [0.5, 0.6) is 0 Å². The van der Waals surface area contributed by atoms with Gasteiger partial charge in [0.2, 0.25) is 0 Å². The molecule has 0 saturated heterocycles. The number of hydrogen-bond acceptors (Lipinski definition) is 7. The van der Waals surface area contributed by atoms with Crippen LogP contribution in [0.1, 0.15) is 30.9 Å². The minimum Gasteiger partial charge on any atom is -0.465 e. The molecule has 9 heteroatoms. The number of nitrogens with zero attached hydrogens (tertiary/aromatic N) is 1. The van der Waals surface area contributed by atoms with Crippen LogP contribution < -0.4 is 21.6 Å². The first kappa shape index (κ1) is 36.8. The fourth-order valence-corrected chi connectivity index (χ4v) is 11.4. The van der Waals surface area contributed by atoms with Crippen LogP contribution in [0.4, 0.5) is 5.69 Å². The molecule has 0 heterocycles. The van der Waals surface area contributed by atoms with E-state index in [0.717, 1.165) is 27.0 Å². The van der Waals surface area contributed by atoms with Crippen molar-refractivity contribution < 1.29 is 24.0 Å². The number of nitro benzene ring substituents is 1. The second-order valence-corrected chi connectivity index (χ2v) is 15.3. The van der Waals surface area contributed by atoms with Gasteiger partial charge in [0, 0.05) is 31.0 Å². The summed E-state index contributed by atoms with van der Waals surface area (Å²) in [4.78, 5) is 40.6. The van der Waals surface area contributed by atoms with Crippen molar-refractivity contribution in [2.24, 2.45) is 11.7 Å². The van der Waals surface area contributed by atoms with E-state index in [1.807, 2.05) is 84.9 Å². The maximum Gasteiger partial charge on any atom is 0.338 e. The van der Waals surface area contributed by atoms with Crippen LogP contribution in [0.2, 0.25) is 0 Å². The summed E-state index contributed by atoms with van der Waals surface area (Å²) in [7, 11) is -3.05. The molecule has 2 unspecified atom stereocenters. The van der Waals surface area contributed by atoms with Crippen molar-refractivity contribution >= 4 is 40.8 Å². The number of nitrogens with two attached hydrogens (primary N) is 1. The first-order chi connectivity index (χ1) is 24.9. The molecule has 5 rings (SSSR count). The fourth-order valence-electron chi connectivity index (χ4n) is 6.71. The highest BCUT2D eigenvalue weighted by molar-refractivity contribution is 7.99. The van der Waals surface area contributed by atoms with Gasteiger partial charge >= 0.3 is 11.9 Å². The van der Waals surface area contributed by atoms with Gasteiger partial charge in [-0.05, 0) is 61.4 Å². The molecule has 0 bridgehead atoms. The highest BCUT2D eigenvalue weighted by atomic mass is 31.2. The number of benzene rings is 5. The zero-order valence-electron chi connectivity index (χ0n) is 28.8. The average Bonchev–Trinajstić information content (AvgIpc) is 3.17. The summed E-state index contributed by atoms with van der Waals surface area (Å²) in [5.74, 6) is -3.04. The van der Waals surface area contributed by atoms with Crippen LogP contribution in [0, 0.1) is 16.0 Å². The predicted octanol–water partition coefficient (Wildman–Crippen LogP) is 6.87. The van der Waals surface area contributed by atoms with Crippen molar-refractivity contribution in [2.75, 3.05) is 19.8 Å². The van der Waals surface area contributed by atoms with Crippen molar-refractivity contribution in [3.05, 3.63) is 178 Å². The first-order valence-electron chi connectivity index (χ1n) is 17.0. The molecule has 0 aromatic heterocycles. The van der Waals surface area contributed by atoms with Crippen molar-refractivity contribution in [2.45, 2.75) is 26.2 Å². The Morgan fingerprint density at radius 3 is 1.55 bits per heavy atom. The van der Waals surface area contributed by atoms with Gasteiger partial charge in [-0.1, -0.05) is 97.1 Å². The quantitative estimate of drug-likeness (QED) is 0.0416. The van der Waals surface area contributed by atoms with Crippen molar-refractivity contribution in [1.29, 1.82) is 0 Å². The largest absolute Gasteiger partial charge is 0.465 e. The molecule has 0 saturated carbocycles. The molecule has 0 aliphatic rings. The minimum absolute atomic E-state index is 0.0364. The molecule has 5 aromatic carbocycles. The highest BCUT2D eigenvalue weighted by Gasteiger charge is 2.54. The molecule has 0 spiro atoms. The van der Waals surface area contributed by atoms with E-state index in [1.54, 1.807) is 26.0 Å². The number of hydrogen-bond donors (Lipinski definition) is 1. The van der Waals surface area contributed by atoms with Gasteiger partial charge in [-0.25, -0.2) is 4.79 Å². The number of non-ortho nitro benzene ring substituents is 1. The summed E-state index contributed by atoms with van der Waals surface area (Å²) in [6.45, 7) is 3.65. The summed E-state index contributed by atoms with van der Waals surface area (Å²) in [6, 6.07) is 45.8. The van der Waals surface area contributed by atoms with Crippen LogP contribution in [-0.2, 0) is 25.5 Å². The Kier molecular flexibility index (Phi) is 12.6. The van der Waals surface area contributed by atoms with Crippen LogP contribution in [0.15, 0.2) is 156 Å². The Morgan fingerprint density at radius 1 is 0.686 bits per heavy atom. The first-order valence-corrected chi connectivity index (χ1v) is 18.8. The monoisotopic (exact) mass is 701 g/mol. The van der Waals surface area contributed by atoms with Gasteiger partial charge in [0.25, 0.3) is 5.69 Å². The zero-order valence-corrected chi connectivity index (χ0v) is 29.7. The number of carbonyl (C=O) groups excluding carboxylic acids is 2. The molecular weight excluding hydrogens is 659 g/mol. The number of allylic oxidation sites excluding steroid dienone is 1. The molecule has 0 aliphatic heterocycles. The number of esters is 2. The SMILES string of the molecule is CCOC(=O)/C(=C(/Cc1ccc([N+](=O)[O-])cc1)[P+](c1ccccc1)(c1ccccc1)c1ccccc1)C(C(=O)OCC)C(CN)c1ccccc1. The summed E-state index contributed by atoms with van der Waals surface area (Å²) in [5.41, 5.74) is 8.17. The standard InChI is InChI=1S/C42H42N2O6P/c1-3-49-41(45)39(37(30-43)32-17-9-5-10-18-32)40(42(46)50-4-2)38(29-31-25-27-33(28-26-31)44(47)48)51(34-19-11-6-12-20-34,35-21-13-7-14-22-35)36-23-15-8-16-24-36/h5-28,37,39H,3-4,29-30,43H2,1-2H3/q+1/b40-38-. The van der Waals surface area contributed by atoms with Crippen LogP contribution in [0.25, 0.3) is 0 Å². The van der Waals surface area contributed by atoms with Gasteiger partial charge in [-0.3, -0.25) is 14.9 Å². The number of rotatable bonds is 15. The van der Waals surface area contributed by atoms with E-state index in [-0.39, 0.29) is 37.4 Å². The van der Waals surface area contributed by atoms with Crippen LogP contribution >= 0.6 is 7.26 Å². The second kappa shape index (κ2) is 17.5. The third-order valence-electron chi connectivity index (χ3n) is 8.90. The van der Waals surface area contributed by atoms with E-state index >= 15 is 0 Å². The maximum absolute atomic E-state index is 14.9. The van der Waals surface area contributed by atoms with E-state index in [9.17, 15) is 19.7 Å². The molecule has 0 fully saturated rings. The lowest BCUT2D eigenvalue weighted by molar-refractivity contribution is -0.384. The molecule has 0 radical (unpaired) electrons. The van der Waals surface area contributed by atoms with E-state index in [4.69, 9.17) is 15.2 Å². The summed E-state index contributed by atoms with van der Waals surface area (Å²) in [6.07, 6.45) is 0.167. The zero-order chi connectivity index (χ0) is 36.2. The number of ether oxygens (including phenoxy) is 2. The normalized spacial score (nSPS) is 13.0. The van der Waals surface area contributed by atoms with Gasteiger partial charge in [0.1, 0.15) is 34.4 Å². The molecule has 2 N–H and O–H groups in total. The minimum atomic E-state index is -3.05. The topological polar surface area (TPSA) is 122 Å². The predicted molar refractivity (Wildman–Crippen MR) is 204 cm³/mol. The third kappa shape index (κ3) is 7.99. The molecule has 5 aromatic rings. The molecule has 2 atom stereocenters. The Balaban J connectivity index is 2.03. The van der Waals surface area contributed by atoms with E-state index in [0.29, 0.717) is 5.31 Å². The van der Waals surface area contributed by atoms with Gasteiger partial charge in [0.15, 0.2) is 0 Å². The second-order valence-electron chi connectivity index (χ2n) is 11.8. The number of nitro groups is 1. The third-order valence-corrected chi connectivity index (χ3v) is 13.3. The van der Waals surface area contributed by atoms with Crippen LogP contribution in [0.3, 0.4) is 0 Å². The molecule has 51 heavy (non-hydrogen) atoms. The lowest BCUT2D eigenvalue weighted by atomic mass is 9.80. The fraction of sp³-hybridized carbons (Fsp3) is 0.190. The van der Waals surface area contributed by atoms with E-state index < -0.39 is 36.0 Å². The lowest BCUT2D eigenvalue weighted by Gasteiger charge is -2.34. The molecular formula is C42H42N2O6P+. The van der Waals surface area contributed by atoms with Crippen molar-refractivity contribution in [1.82, 2.24) is 0 Å². The lowest BCUT2D eigenvalue weighted by Crippen LogP contribution is -2.39. The number of carbonyl (C=O) groups is 2. The van der Waals surface area contributed by atoms with Gasteiger partial charge in [-0.2, -0.15) is 0 Å². The Bertz CT molecular complexity index is 1840. The molecule has 8 nitrogen and oxygen atoms in total. The van der Waals surface area contributed by atoms with E-state index in [2.05, 4.69) is 36.4 Å². The van der Waals surface area contributed by atoms with Gasteiger partial charge < -0.3 is 15.2 Å². The highest BCUT2D eigenvalue weighted by Crippen LogP contribution is 2.65. The summed E-state index contributed by atoms with van der Waals surface area (Å²) in [5, 5.41) is 15.2.